The molecule has 3 aromatic rings. The summed E-state index contributed by atoms with van der Waals surface area (Å²) in [4.78, 5) is 32.6. The maximum atomic E-state index is 13.0. The average molecular weight is 365 g/mol. The molecule has 0 aliphatic carbocycles. The molecule has 4 rings (SSSR count). The second-order valence-corrected chi connectivity index (χ2v) is 7.66. The second kappa shape index (κ2) is 6.21. The van der Waals surface area contributed by atoms with Gasteiger partial charge in [0.15, 0.2) is 0 Å². The Labute approximate surface area is 155 Å². The zero-order chi connectivity index (χ0) is 18.3. The first-order chi connectivity index (χ1) is 12.5. The highest BCUT2D eigenvalue weighted by molar-refractivity contribution is 7.12. The van der Waals surface area contributed by atoms with Gasteiger partial charge in [-0.15, -0.1) is 11.3 Å². The van der Waals surface area contributed by atoms with Crippen LogP contribution in [0.5, 0.6) is 0 Å². The number of aryl methyl sites for hydroxylation is 1. The molecular formula is C20H19N3O2S. The van der Waals surface area contributed by atoms with Crippen molar-refractivity contribution in [3.05, 3.63) is 58.4 Å². The predicted molar refractivity (Wildman–Crippen MR) is 103 cm³/mol. The molecule has 132 valence electrons. The number of carbonyl (C=O) groups is 2. The standard InChI is InChI=1S/C20H19N3O2S/c1-13-8-12-26-17(13)18(24)23-11-9-20(23,2)19(25)22-15-7-3-5-14-6-4-10-21-16(14)15/h3-8,10,12H,9,11H2,1-2H3,(H,22,25). The summed E-state index contributed by atoms with van der Waals surface area (Å²) in [5.74, 6) is -0.248. The molecule has 1 N–H and O–H groups in total. The molecule has 1 aliphatic heterocycles. The normalized spacial score (nSPS) is 19.2. The number of aromatic nitrogens is 1. The van der Waals surface area contributed by atoms with Gasteiger partial charge >= 0.3 is 0 Å². The van der Waals surface area contributed by atoms with Crippen molar-refractivity contribution in [2.75, 3.05) is 11.9 Å². The van der Waals surface area contributed by atoms with Crippen LogP contribution in [0.15, 0.2) is 48.0 Å². The Bertz CT molecular complexity index is 1010. The zero-order valence-electron chi connectivity index (χ0n) is 14.7. The monoisotopic (exact) mass is 365 g/mol. The van der Waals surface area contributed by atoms with Crippen LogP contribution in [0.1, 0.15) is 28.6 Å². The Morgan fingerprint density at radius 3 is 2.73 bits per heavy atom. The fourth-order valence-electron chi connectivity index (χ4n) is 3.30. The number of nitrogens with zero attached hydrogens (tertiary/aromatic N) is 2. The predicted octanol–water partition coefficient (Wildman–Crippen LogP) is 3.85. The maximum absolute atomic E-state index is 13.0. The van der Waals surface area contributed by atoms with Gasteiger partial charge in [0.25, 0.3) is 5.91 Å². The number of para-hydroxylation sites is 1. The van der Waals surface area contributed by atoms with Crippen molar-refractivity contribution in [2.45, 2.75) is 25.8 Å². The highest BCUT2D eigenvalue weighted by Crippen LogP contribution is 2.35. The molecular weight excluding hydrogens is 346 g/mol. The van der Waals surface area contributed by atoms with Crippen LogP contribution in [0, 0.1) is 6.92 Å². The number of hydrogen-bond acceptors (Lipinski definition) is 4. The topological polar surface area (TPSA) is 62.3 Å². The second-order valence-electron chi connectivity index (χ2n) is 6.75. The number of likely N-dealkylation sites (tertiary alicyclic amines) is 1. The molecule has 2 aromatic heterocycles. The summed E-state index contributed by atoms with van der Waals surface area (Å²) in [6.45, 7) is 4.34. The molecule has 26 heavy (non-hydrogen) atoms. The van der Waals surface area contributed by atoms with E-state index in [2.05, 4.69) is 10.3 Å². The molecule has 2 amide bonds. The van der Waals surface area contributed by atoms with E-state index in [9.17, 15) is 9.59 Å². The van der Waals surface area contributed by atoms with E-state index >= 15 is 0 Å². The highest BCUT2D eigenvalue weighted by Gasteiger charge is 2.50. The van der Waals surface area contributed by atoms with Crippen LogP contribution in [0.4, 0.5) is 5.69 Å². The lowest BCUT2D eigenvalue weighted by molar-refractivity contribution is -0.132. The van der Waals surface area contributed by atoms with Gasteiger partial charge < -0.3 is 10.2 Å². The Hall–Kier alpha value is -2.73. The summed E-state index contributed by atoms with van der Waals surface area (Å²) >= 11 is 1.42. The number of pyridine rings is 1. The number of nitrogens with one attached hydrogen (secondary N) is 1. The lowest BCUT2D eigenvalue weighted by atomic mass is 9.85. The molecule has 1 unspecified atom stereocenters. The van der Waals surface area contributed by atoms with E-state index < -0.39 is 5.54 Å². The van der Waals surface area contributed by atoms with Crippen LogP contribution in [0.3, 0.4) is 0 Å². The fourth-order valence-corrected chi connectivity index (χ4v) is 4.17. The highest BCUT2D eigenvalue weighted by atomic mass is 32.1. The molecule has 3 heterocycles. The number of benzene rings is 1. The molecule has 0 radical (unpaired) electrons. The van der Waals surface area contributed by atoms with E-state index in [-0.39, 0.29) is 11.8 Å². The van der Waals surface area contributed by atoms with E-state index in [0.29, 0.717) is 23.5 Å². The van der Waals surface area contributed by atoms with Gasteiger partial charge in [0.1, 0.15) is 5.54 Å². The SMILES string of the molecule is Cc1ccsc1C(=O)N1CCC1(C)C(=O)Nc1cccc2cccnc12. The Balaban J connectivity index is 1.59. The summed E-state index contributed by atoms with van der Waals surface area (Å²) in [5.41, 5.74) is 1.52. The minimum Gasteiger partial charge on any atom is -0.323 e. The third-order valence-electron chi connectivity index (χ3n) is 5.09. The Kier molecular flexibility index (Phi) is 4.00. The van der Waals surface area contributed by atoms with Gasteiger partial charge in [0, 0.05) is 18.1 Å². The van der Waals surface area contributed by atoms with Gasteiger partial charge in [-0.25, -0.2) is 0 Å². The number of hydrogen-bond donors (Lipinski definition) is 1. The van der Waals surface area contributed by atoms with E-state index in [0.717, 1.165) is 16.5 Å². The minimum atomic E-state index is -0.843. The van der Waals surface area contributed by atoms with E-state index in [1.807, 2.05) is 55.6 Å². The van der Waals surface area contributed by atoms with Crippen molar-refractivity contribution in [3.8, 4) is 0 Å². The maximum Gasteiger partial charge on any atom is 0.265 e. The van der Waals surface area contributed by atoms with Gasteiger partial charge in [-0.3, -0.25) is 14.6 Å². The lowest BCUT2D eigenvalue weighted by Crippen LogP contribution is -2.66. The quantitative estimate of drug-likeness (QED) is 0.767. The van der Waals surface area contributed by atoms with Gasteiger partial charge in [-0.05, 0) is 49.4 Å². The first-order valence-corrected chi connectivity index (χ1v) is 9.40. The van der Waals surface area contributed by atoms with Gasteiger partial charge in [0.05, 0.1) is 16.1 Å². The van der Waals surface area contributed by atoms with Crippen LogP contribution in [0.2, 0.25) is 0 Å². The Morgan fingerprint density at radius 1 is 1.23 bits per heavy atom. The number of thiophene rings is 1. The fraction of sp³-hybridized carbons (Fsp3) is 0.250. The van der Waals surface area contributed by atoms with E-state index in [4.69, 9.17) is 0 Å². The van der Waals surface area contributed by atoms with Crippen molar-refractivity contribution >= 4 is 39.7 Å². The molecule has 0 saturated carbocycles. The van der Waals surface area contributed by atoms with Crippen molar-refractivity contribution in [1.82, 2.24) is 9.88 Å². The van der Waals surface area contributed by atoms with Crippen LogP contribution in [0.25, 0.3) is 10.9 Å². The summed E-state index contributed by atoms with van der Waals surface area (Å²) in [5, 5.41) is 5.85. The number of anilines is 1. The van der Waals surface area contributed by atoms with Crippen molar-refractivity contribution in [2.24, 2.45) is 0 Å². The zero-order valence-corrected chi connectivity index (χ0v) is 15.5. The molecule has 5 nitrogen and oxygen atoms in total. The summed E-state index contributed by atoms with van der Waals surface area (Å²) < 4.78 is 0. The van der Waals surface area contributed by atoms with E-state index in [1.54, 1.807) is 11.1 Å². The summed E-state index contributed by atoms with van der Waals surface area (Å²) in [6, 6.07) is 11.4. The molecule has 1 aromatic carbocycles. The molecule has 6 heteroatoms. The van der Waals surface area contributed by atoms with E-state index in [1.165, 1.54) is 11.3 Å². The Morgan fingerprint density at radius 2 is 2.04 bits per heavy atom. The largest absolute Gasteiger partial charge is 0.323 e. The van der Waals surface area contributed by atoms with Crippen LogP contribution in [-0.4, -0.2) is 33.8 Å². The lowest BCUT2D eigenvalue weighted by Gasteiger charge is -2.48. The first kappa shape index (κ1) is 16.7. The number of amides is 2. The molecule has 0 spiro atoms. The van der Waals surface area contributed by atoms with Crippen molar-refractivity contribution in [1.29, 1.82) is 0 Å². The van der Waals surface area contributed by atoms with Crippen LogP contribution in [-0.2, 0) is 4.79 Å². The number of rotatable bonds is 3. The van der Waals surface area contributed by atoms with Gasteiger partial charge in [-0.2, -0.15) is 0 Å². The minimum absolute atomic E-state index is 0.0718. The average Bonchev–Trinajstić information content (AvgIpc) is 3.06. The smallest absolute Gasteiger partial charge is 0.265 e. The molecule has 1 atom stereocenters. The van der Waals surface area contributed by atoms with Crippen molar-refractivity contribution < 1.29 is 9.59 Å². The summed E-state index contributed by atoms with van der Waals surface area (Å²) in [6.07, 6.45) is 2.35. The van der Waals surface area contributed by atoms with Crippen LogP contribution >= 0.6 is 11.3 Å². The van der Waals surface area contributed by atoms with Gasteiger partial charge in [0.2, 0.25) is 5.91 Å². The summed E-state index contributed by atoms with van der Waals surface area (Å²) in [7, 11) is 0. The molecule has 1 fully saturated rings. The molecule has 1 saturated heterocycles. The van der Waals surface area contributed by atoms with Gasteiger partial charge in [-0.1, -0.05) is 18.2 Å². The third-order valence-corrected chi connectivity index (χ3v) is 6.09. The molecule has 0 bridgehead atoms. The van der Waals surface area contributed by atoms with Crippen LogP contribution < -0.4 is 5.32 Å². The third kappa shape index (κ3) is 2.57. The number of carbonyl (C=O) groups excluding carboxylic acids is 2. The molecule has 1 aliphatic rings. The number of fused-ring (bicyclic) bond motifs is 1. The van der Waals surface area contributed by atoms with Crippen molar-refractivity contribution in [3.63, 3.8) is 0 Å². The first-order valence-electron chi connectivity index (χ1n) is 8.52.